The monoisotopic (exact) mass is 538 g/mol. The number of ether oxygens (including phenoxy) is 1. The summed E-state index contributed by atoms with van der Waals surface area (Å²) >= 11 is 0. The van der Waals surface area contributed by atoms with Gasteiger partial charge in [0, 0.05) is 18.9 Å². The number of carboxylic acids is 1. The number of benzene rings is 2. The van der Waals surface area contributed by atoms with Gasteiger partial charge in [-0.25, -0.2) is 4.79 Å². The first-order valence-corrected chi connectivity index (χ1v) is 13.7. The molecular weight excluding hydrogens is 496 g/mol. The van der Waals surface area contributed by atoms with Crippen molar-refractivity contribution in [2.24, 2.45) is 11.8 Å². The van der Waals surface area contributed by atoms with E-state index in [1.807, 2.05) is 68.4 Å². The molecule has 0 spiro atoms. The van der Waals surface area contributed by atoms with E-state index in [4.69, 9.17) is 4.74 Å². The zero-order chi connectivity index (χ0) is 28.8. The molecule has 3 N–H and O–H groups in total. The van der Waals surface area contributed by atoms with Crippen LogP contribution in [0.2, 0.25) is 0 Å². The number of rotatable bonds is 16. The normalized spacial score (nSPS) is 13.3. The zero-order valence-corrected chi connectivity index (χ0v) is 23.4. The first-order chi connectivity index (χ1) is 18.6. The van der Waals surface area contributed by atoms with E-state index in [1.54, 1.807) is 13.8 Å². The van der Waals surface area contributed by atoms with Gasteiger partial charge < -0.3 is 20.5 Å². The summed E-state index contributed by atoms with van der Waals surface area (Å²) in [6.45, 7) is 7.78. The lowest BCUT2D eigenvalue weighted by atomic mass is 9.94. The molecule has 8 nitrogen and oxygen atoms in total. The third kappa shape index (κ3) is 11.7. The third-order valence-corrected chi connectivity index (χ3v) is 6.48. The predicted molar refractivity (Wildman–Crippen MR) is 151 cm³/mol. The van der Waals surface area contributed by atoms with Crippen LogP contribution in [0.4, 0.5) is 0 Å². The van der Waals surface area contributed by atoms with Crippen LogP contribution in [-0.2, 0) is 30.3 Å². The molecule has 0 aliphatic rings. The van der Waals surface area contributed by atoms with E-state index in [9.17, 15) is 24.3 Å². The summed E-state index contributed by atoms with van der Waals surface area (Å²) in [6.07, 6.45) is 1.69. The van der Waals surface area contributed by atoms with Crippen molar-refractivity contribution in [3.63, 3.8) is 0 Å². The summed E-state index contributed by atoms with van der Waals surface area (Å²) < 4.78 is 5.14. The lowest BCUT2D eigenvalue weighted by Crippen LogP contribution is -2.42. The fraction of sp³-hybridized carbons (Fsp3) is 0.484. The average molecular weight is 539 g/mol. The van der Waals surface area contributed by atoms with Crippen molar-refractivity contribution in [3.8, 4) is 11.1 Å². The maximum atomic E-state index is 12.8. The molecule has 0 fully saturated rings. The highest BCUT2D eigenvalue weighted by Crippen LogP contribution is 2.21. The van der Waals surface area contributed by atoms with Crippen molar-refractivity contribution in [2.75, 3.05) is 6.61 Å². The van der Waals surface area contributed by atoms with Gasteiger partial charge in [-0.15, -0.1) is 0 Å². The molecule has 0 bridgehead atoms. The number of carboxylic acid groups (broad SMARTS) is 1. The molecule has 2 aromatic carbocycles. The first-order valence-electron chi connectivity index (χ1n) is 13.7. The summed E-state index contributed by atoms with van der Waals surface area (Å²) in [5, 5.41) is 14.9. The van der Waals surface area contributed by atoms with Crippen molar-refractivity contribution in [3.05, 3.63) is 60.2 Å². The summed E-state index contributed by atoms with van der Waals surface area (Å²) in [4.78, 5) is 48.9. The van der Waals surface area contributed by atoms with Crippen LogP contribution in [0.5, 0.6) is 0 Å². The van der Waals surface area contributed by atoms with E-state index in [0.29, 0.717) is 31.6 Å². The van der Waals surface area contributed by atoms with E-state index < -0.39 is 23.8 Å². The SMILES string of the molecule is CCOC(=O)[C@H](C)C[C@@H](Cc1ccc(-c2ccccc2)cc1)NC(=O)CCC(=O)N[C@@H](CCC(C)C)C(=O)O. The Labute approximate surface area is 231 Å². The lowest BCUT2D eigenvalue weighted by molar-refractivity contribution is -0.148. The Morgan fingerprint density at radius 1 is 0.821 bits per heavy atom. The van der Waals surface area contributed by atoms with Gasteiger partial charge in [-0.1, -0.05) is 75.4 Å². The van der Waals surface area contributed by atoms with Gasteiger partial charge in [0.25, 0.3) is 0 Å². The number of hydrogen-bond acceptors (Lipinski definition) is 5. The highest BCUT2D eigenvalue weighted by Gasteiger charge is 2.23. The Hall–Kier alpha value is -3.68. The standard InChI is InChI=1S/C31H42N2O6/c1-5-39-31(38)22(4)19-26(20-23-12-14-25(15-13-23)24-9-7-6-8-10-24)32-28(34)17-18-29(35)33-27(30(36)37)16-11-21(2)3/h6-10,12-15,21-22,26-27H,5,11,16-20H2,1-4H3,(H,32,34)(H,33,35)(H,36,37)/t22-,26+,27+/m1/s1. The fourth-order valence-electron chi connectivity index (χ4n) is 4.30. The Balaban J connectivity index is 2.00. The molecule has 0 saturated carbocycles. The van der Waals surface area contributed by atoms with Crippen molar-refractivity contribution in [2.45, 2.75) is 78.3 Å². The van der Waals surface area contributed by atoms with Crippen molar-refractivity contribution in [1.29, 1.82) is 0 Å². The van der Waals surface area contributed by atoms with Crippen molar-refractivity contribution in [1.82, 2.24) is 10.6 Å². The first kappa shape index (κ1) is 31.5. The molecule has 0 aliphatic heterocycles. The van der Waals surface area contributed by atoms with E-state index >= 15 is 0 Å². The minimum absolute atomic E-state index is 0.0837. The van der Waals surface area contributed by atoms with E-state index in [-0.39, 0.29) is 37.4 Å². The molecular formula is C31H42N2O6. The largest absolute Gasteiger partial charge is 0.480 e. The van der Waals surface area contributed by atoms with Crippen LogP contribution in [0.3, 0.4) is 0 Å². The summed E-state index contributed by atoms with van der Waals surface area (Å²) in [5.74, 6) is -2.32. The molecule has 0 heterocycles. The molecule has 2 amide bonds. The summed E-state index contributed by atoms with van der Waals surface area (Å²) in [5.41, 5.74) is 3.19. The average Bonchev–Trinajstić information content (AvgIpc) is 2.90. The van der Waals surface area contributed by atoms with Gasteiger partial charge in [-0.3, -0.25) is 14.4 Å². The third-order valence-electron chi connectivity index (χ3n) is 6.48. The molecule has 0 unspecified atom stereocenters. The molecule has 212 valence electrons. The lowest BCUT2D eigenvalue weighted by Gasteiger charge is -2.22. The minimum atomic E-state index is -1.08. The highest BCUT2D eigenvalue weighted by atomic mass is 16.5. The second-order valence-corrected chi connectivity index (χ2v) is 10.3. The van der Waals surface area contributed by atoms with Gasteiger partial charge in [-0.05, 0) is 55.2 Å². The van der Waals surface area contributed by atoms with Gasteiger partial charge in [0.1, 0.15) is 6.04 Å². The zero-order valence-electron chi connectivity index (χ0n) is 23.4. The van der Waals surface area contributed by atoms with Crippen LogP contribution >= 0.6 is 0 Å². The van der Waals surface area contributed by atoms with Gasteiger partial charge in [-0.2, -0.15) is 0 Å². The number of hydrogen-bond donors (Lipinski definition) is 3. The van der Waals surface area contributed by atoms with Gasteiger partial charge in [0.15, 0.2) is 0 Å². The van der Waals surface area contributed by atoms with Crippen LogP contribution in [0.1, 0.15) is 65.4 Å². The molecule has 2 aromatic rings. The predicted octanol–water partition coefficient (Wildman–Crippen LogP) is 4.76. The molecule has 3 atom stereocenters. The minimum Gasteiger partial charge on any atom is -0.480 e. The Bertz CT molecular complexity index is 1070. The van der Waals surface area contributed by atoms with Crippen LogP contribution < -0.4 is 10.6 Å². The maximum absolute atomic E-state index is 12.8. The molecule has 39 heavy (non-hydrogen) atoms. The number of carbonyl (C=O) groups is 4. The van der Waals surface area contributed by atoms with Crippen LogP contribution in [0, 0.1) is 11.8 Å². The van der Waals surface area contributed by atoms with Crippen molar-refractivity contribution < 1.29 is 29.0 Å². The number of aliphatic carboxylic acids is 1. The van der Waals surface area contributed by atoms with Crippen LogP contribution in [0.15, 0.2) is 54.6 Å². The summed E-state index contributed by atoms with van der Waals surface area (Å²) in [6, 6.07) is 16.8. The van der Waals surface area contributed by atoms with Crippen molar-refractivity contribution >= 4 is 23.8 Å². The molecule has 0 aromatic heterocycles. The van der Waals surface area contributed by atoms with Crippen LogP contribution in [-0.4, -0.2) is 47.6 Å². The smallest absolute Gasteiger partial charge is 0.326 e. The van der Waals surface area contributed by atoms with E-state index in [0.717, 1.165) is 16.7 Å². The topological polar surface area (TPSA) is 122 Å². The maximum Gasteiger partial charge on any atom is 0.326 e. The van der Waals surface area contributed by atoms with Gasteiger partial charge in [0.05, 0.1) is 12.5 Å². The number of amides is 2. The molecule has 8 heteroatoms. The molecule has 2 rings (SSSR count). The quantitative estimate of drug-likeness (QED) is 0.265. The number of esters is 1. The fourth-order valence-corrected chi connectivity index (χ4v) is 4.30. The number of nitrogens with one attached hydrogen (secondary N) is 2. The highest BCUT2D eigenvalue weighted by molar-refractivity contribution is 5.87. The Kier molecular flexibility index (Phi) is 13.2. The molecule has 0 radical (unpaired) electrons. The number of carbonyl (C=O) groups excluding carboxylic acids is 3. The molecule has 0 aliphatic carbocycles. The molecule has 0 saturated heterocycles. The van der Waals surface area contributed by atoms with Gasteiger partial charge >= 0.3 is 11.9 Å². The second-order valence-electron chi connectivity index (χ2n) is 10.3. The summed E-state index contributed by atoms with van der Waals surface area (Å²) in [7, 11) is 0. The van der Waals surface area contributed by atoms with E-state index in [1.165, 1.54) is 0 Å². The van der Waals surface area contributed by atoms with Gasteiger partial charge in [0.2, 0.25) is 11.8 Å². The van der Waals surface area contributed by atoms with Crippen LogP contribution in [0.25, 0.3) is 11.1 Å². The Morgan fingerprint density at radius 2 is 1.41 bits per heavy atom. The van der Waals surface area contributed by atoms with E-state index in [2.05, 4.69) is 10.6 Å². The second kappa shape index (κ2) is 16.3. The Morgan fingerprint density at radius 3 is 1.97 bits per heavy atom.